The summed E-state index contributed by atoms with van der Waals surface area (Å²) in [5.41, 5.74) is -0.310. The molecule has 0 aliphatic heterocycles. The summed E-state index contributed by atoms with van der Waals surface area (Å²) in [5, 5.41) is 21.8. The average Bonchev–Trinajstić information content (AvgIpc) is 2.62. The Bertz CT molecular complexity index is 879. The molecule has 2 aromatic rings. The van der Waals surface area contributed by atoms with Crippen LogP contribution in [0, 0.1) is 27.3 Å². The first-order chi connectivity index (χ1) is 12.4. The summed E-state index contributed by atoms with van der Waals surface area (Å²) in [6.07, 6.45) is 0. The molecule has 0 heterocycles. The van der Waals surface area contributed by atoms with E-state index in [0.717, 1.165) is 18.2 Å². The largest absolute Gasteiger partial charge is 0.490 e. The van der Waals surface area contributed by atoms with Crippen molar-refractivity contribution in [2.75, 3.05) is 18.5 Å². The Hall–Kier alpha value is -3.67. The Kier molecular flexibility index (Phi) is 6.06. The molecule has 0 unspecified atom stereocenters. The van der Waals surface area contributed by atoms with Gasteiger partial charge in [0, 0.05) is 18.2 Å². The van der Waals surface area contributed by atoms with E-state index in [0.29, 0.717) is 17.9 Å². The Balaban J connectivity index is 2.07. The topological polar surface area (TPSA) is 114 Å². The van der Waals surface area contributed by atoms with Crippen LogP contribution in [0.4, 0.5) is 15.8 Å². The predicted molar refractivity (Wildman–Crippen MR) is 89.5 cm³/mol. The summed E-state index contributed by atoms with van der Waals surface area (Å²) in [5.74, 6) is -0.991. The van der Waals surface area contributed by atoms with Gasteiger partial charge in [-0.1, -0.05) is 0 Å². The molecule has 0 saturated heterocycles. The van der Waals surface area contributed by atoms with Gasteiger partial charge in [-0.25, -0.2) is 4.39 Å². The minimum Gasteiger partial charge on any atom is -0.490 e. The molecule has 0 aromatic heterocycles. The summed E-state index contributed by atoms with van der Waals surface area (Å²) in [7, 11) is 0. The lowest BCUT2D eigenvalue weighted by Gasteiger charge is -2.12. The number of hydrogen-bond acceptors (Lipinski definition) is 6. The van der Waals surface area contributed by atoms with Gasteiger partial charge in [0.15, 0.2) is 18.1 Å². The van der Waals surface area contributed by atoms with Gasteiger partial charge in [-0.3, -0.25) is 14.9 Å². The SMILES string of the molecule is CCOc1cc(C#N)ccc1OCC(=O)Nc1cc([N+](=O)[O-])ccc1F. The van der Waals surface area contributed by atoms with Crippen LogP contribution < -0.4 is 14.8 Å². The first kappa shape index (κ1) is 18.7. The number of nitrogens with zero attached hydrogens (tertiary/aromatic N) is 2. The molecule has 2 aromatic carbocycles. The highest BCUT2D eigenvalue weighted by Gasteiger charge is 2.14. The second-order valence-electron chi connectivity index (χ2n) is 4.96. The number of non-ortho nitro benzene ring substituents is 1. The monoisotopic (exact) mass is 359 g/mol. The maximum atomic E-state index is 13.7. The number of carbonyl (C=O) groups is 1. The molecular formula is C17H14FN3O5. The summed E-state index contributed by atoms with van der Waals surface area (Å²) in [4.78, 5) is 22.0. The number of nitrogens with one attached hydrogen (secondary N) is 1. The van der Waals surface area contributed by atoms with Gasteiger partial charge in [0.05, 0.1) is 28.9 Å². The van der Waals surface area contributed by atoms with Crippen LogP contribution in [0.3, 0.4) is 0 Å². The molecule has 9 heteroatoms. The van der Waals surface area contributed by atoms with Crippen molar-refractivity contribution in [3.8, 4) is 17.6 Å². The van der Waals surface area contributed by atoms with Gasteiger partial charge in [-0.15, -0.1) is 0 Å². The van der Waals surface area contributed by atoms with E-state index in [1.165, 1.54) is 18.2 Å². The molecule has 0 aliphatic rings. The van der Waals surface area contributed by atoms with Crippen molar-refractivity contribution in [2.45, 2.75) is 6.92 Å². The number of rotatable bonds is 7. The first-order valence-electron chi connectivity index (χ1n) is 7.48. The zero-order valence-electron chi connectivity index (χ0n) is 13.7. The van der Waals surface area contributed by atoms with Crippen LogP contribution in [0.2, 0.25) is 0 Å². The zero-order chi connectivity index (χ0) is 19.1. The van der Waals surface area contributed by atoms with Crippen molar-refractivity contribution in [1.29, 1.82) is 5.26 Å². The van der Waals surface area contributed by atoms with Crippen molar-refractivity contribution < 1.29 is 23.6 Å². The molecule has 2 rings (SSSR count). The number of nitro groups is 1. The second-order valence-corrected chi connectivity index (χ2v) is 4.96. The van der Waals surface area contributed by atoms with E-state index in [1.807, 2.05) is 6.07 Å². The Morgan fingerprint density at radius 1 is 1.27 bits per heavy atom. The maximum absolute atomic E-state index is 13.7. The molecule has 0 fully saturated rings. The highest BCUT2D eigenvalue weighted by atomic mass is 19.1. The second kappa shape index (κ2) is 8.43. The number of anilines is 1. The first-order valence-corrected chi connectivity index (χ1v) is 7.48. The van der Waals surface area contributed by atoms with Crippen LogP contribution in [0.15, 0.2) is 36.4 Å². The molecule has 0 saturated carbocycles. The molecule has 0 radical (unpaired) electrons. The normalized spacial score (nSPS) is 9.88. The number of carbonyl (C=O) groups excluding carboxylic acids is 1. The van der Waals surface area contributed by atoms with E-state index in [-0.39, 0.29) is 17.1 Å². The third-order valence-electron chi connectivity index (χ3n) is 3.17. The third kappa shape index (κ3) is 4.67. The summed E-state index contributed by atoms with van der Waals surface area (Å²) >= 11 is 0. The molecule has 26 heavy (non-hydrogen) atoms. The lowest BCUT2D eigenvalue weighted by molar-refractivity contribution is -0.384. The minimum atomic E-state index is -0.808. The lowest BCUT2D eigenvalue weighted by atomic mass is 10.2. The molecular weight excluding hydrogens is 345 g/mol. The molecule has 1 amide bonds. The number of benzene rings is 2. The minimum absolute atomic E-state index is 0.237. The van der Waals surface area contributed by atoms with Gasteiger partial charge in [0.25, 0.3) is 11.6 Å². The number of hydrogen-bond donors (Lipinski definition) is 1. The van der Waals surface area contributed by atoms with Crippen LogP contribution in [0.25, 0.3) is 0 Å². The molecule has 0 atom stereocenters. The fraction of sp³-hybridized carbons (Fsp3) is 0.176. The molecule has 134 valence electrons. The van der Waals surface area contributed by atoms with Crippen molar-refractivity contribution in [3.05, 3.63) is 57.9 Å². The van der Waals surface area contributed by atoms with E-state index < -0.39 is 23.3 Å². The third-order valence-corrected chi connectivity index (χ3v) is 3.17. The molecule has 8 nitrogen and oxygen atoms in total. The van der Waals surface area contributed by atoms with Crippen molar-refractivity contribution in [2.24, 2.45) is 0 Å². The van der Waals surface area contributed by atoms with Gasteiger partial charge < -0.3 is 14.8 Å². The smallest absolute Gasteiger partial charge is 0.271 e. The van der Waals surface area contributed by atoms with E-state index in [1.54, 1.807) is 6.92 Å². The highest BCUT2D eigenvalue weighted by Crippen LogP contribution is 2.28. The van der Waals surface area contributed by atoms with Crippen molar-refractivity contribution in [1.82, 2.24) is 0 Å². The predicted octanol–water partition coefficient (Wildman–Crippen LogP) is 3.02. The fourth-order valence-electron chi connectivity index (χ4n) is 2.02. The highest BCUT2D eigenvalue weighted by molar-refractivity contribution is 5.92. The number of ether oxygens (including phenoxy) is 2. The Morgan fingerprint density at radius 3 is 2.69 bits per heavy atom. The van der Waals surface area contributed by atoms with Gasteiger partial charge in [0.1, 0.15) is 5.82 Å². The van der Waals surface area contributed by atoms with E-state index in [9.17, 15) is 19.3 Å². The zero-order valence-corrected chi connectivity index (χ0v) is 13.7. The number of nitro benzene ring substituents is 1. The number of amides is 1. The molecule has 0 aliphatic carbocycles. The van der Waals surface area contributed by atoms with Crippen molar-refractivity contribution >= 4 is 17.3 Å². The molecule has 0 spiro atoms. The van der Waals surface area contributed by atoms with Gasteiger partial charge in [-0.05, 0) is 25.1 Å². The summed E-state index contributed by atoms with van der Waals surface area (Å²) in [6.45, 7) is 1.60. The van der Waals surface area contributed by atoms with Crippen LogP contribution in [-0.2, 0) is 4.79 Å². The van der Waals surface area contributed by atoms with Gasteiger partial charge in [-0.2, -0.15) is 5.26 Å². The number of nitriles is 1. The Labute approximate surface area is 147 Å². The maximum Gasteiger partial charge on any atom is 0.271 e. The molecule has 1 N–H and O–H groups in total. The fourth-order valence-corrected chi connectivity index (χ4v) is 2.02. The van der Waals surface area contributed by atoms with Crippen LogP contribution in [0.1, 0.15) is 12.5 Å². The summed E-state index contributed by atoms with van der Waals surface area (Å²) in [6, 6.07) is 9.20. The van der Waals surface area contributed by atoms with Crippen LogP contribution in [0.5, 0.6) is 11.5 Å². The quantitative estimate of drug-likeness (QED) is 0.600. The van der Waals surface area contributed by atoms with Crippen LogP contribution >= 0.6 is 0 Å². The summed E-state index contributed by atoms with van der Waals surface area (Å²) < 4.78 is 24.4. The van der Waals surface area contributed by atoms with Crippen molar-refractivity contribution in [3.63, 3.8) is 0 Å². The Morgan fingerprint density at radius 2 is 2.04 bits per heavy atom. The van der Waals surface area contributed by atoms with Crippen LogP contribution in [-0.4, -0.2) is 24.0 Å². The number of halogens is 1. The molecule has 0 bridgehead atoms. The van der Waals surface area contributed by atoms with Gasteiger partial charge >= 0.3 is 0 Å². The van der Waals surface area contributed by atoms with Gasteiger partial charge in [0.2, 0.25) is 0 Å². The van der Waals surface area contributed by atoms with E-state index in [2.05, 4.69) is 5.32 Å². The standard InChI is InChI=1S/C17H14FN3O5/c1-2-25-16-7-11(9-19)3-6-15(16)26-10-17(22)20-14-8-12(21(23)24)4-5-13(14)18/h3-8H,2,10H2,1H3,(H,20,22). The van der Waals surface area contributed by atoms with E-state index in [4.69, 9.17) is 14.7 Å². The lowest BCUT2D eigenvalue weighted by Crippen LogP contribution is -2.21. The van der Waals surface area contributed by atoms with E-state index >= 15 is 0 Å². The average molecular weight is 359 g/mol.